The van der Waals surface area contributed by atoms with Crippen LogP contribution in [-0.4, -0.2) is 93.1 Å². The summed E-state index contributed by atoms with van der Waals surface area (Å²) in [5.74, 6) is -0.614. The van der Waals surface area contributed by atoms with Crippen LogP contribution in [0, 0.1) is 5.41 Å². The van der Waals surface area contributed by atoms with E-state index in [0.717, 1.165) is 4.88 Å². The van der Waals surface area contributed by atoms with Crippen molar-refractivity contribution in [3.63, 3.8) is 0 Å². The zero-order chi connectivity index (χ0) is 23.1. The number of aliphatic hydroxyl groups is 4. The Kier molecular flexibility index (Phi) is 9.34. The Morgan fingerprint density at radius 3 is 2.65 bits per heavy atom. The van der Waals surface area contributed by atoms with E-state index in [1.165, 1.54) is 23.2 Å². The molecule has 0 aliphatic carbocycles. The molecule has 0 bridgehead atoms. The van der Waals surface area contributed by atoms with E-state index in [1.807, 2.05) is 0 Å². The van der Waals surface area contributed by atoms with Crippen LogP contribution in [0.5, 0.6) is 0 Å². The zero-order valence-electron chi connectivity index (χ0n) is 17.3. The summed E-state index contributed by atoms with van der Waals surface area (Å²) in [6.45, 7) is 1.70. The predicted octanol–water partition coefficient (Wildman–Crippen LogP) is -2.31. The van der Waals surface area contributed by atoms with Crippen molar-refractivity contribution in [3.8, 4) is 0 Å². The van der Waals surface area contributed by atoms with Crippen LogP contribution in [-0.2, 0) is 16.1 Å². The third-order valence-electron chi connectivity index (χ3n) is 5.15. The molecule has 2 heterocycles. The maximum Gasteiger partial charge on any atom is 0.243 e. The molecule has 9 N–H and O–H groups in total. The van der Waals surface area contributed by atoms with Gasteiger partial charge in [0.05, 0.1) is 25.3 Å². The number of aliphatic hydroxyl groups excluding tert-OH is 4. The van der Waals surface area contributed by atoms with Crippen LogP contribution in [0.3, 0.4) is 0 Å². The number of amides is 2. The summed E-state index contributed by atoms with van der Waals surface area (Å²) in [6.07, 6.45) is -4.41. The predicted molar refractivity (Wildman–Crippen MR) is 114 cm³/mol. The van der Waals surface area contributed by atoms with Crippen molar-refractivity contribution in [1.29, 1.82) is 5.41 Å². The largest absolute Gasteiger partial charge is 0.391 e. The van der Waals surface area contributed by atoms with E-state index < -0.39 is 30.5 Å². The molecule has 1 aliphatic heterocycles. The summed E-state index contributed by atoms with van der Waals surface area (Å²) in [5, 5.41) is 53.2. The Morgan fingerprint density at radius 2 is 2.03 bits per heavy atom. The first kappa shape index (κ1) is 25.2. The minimum Gasteiger partial charge on any atom is -0.391 e. The summed E-state index contributed by atoms with van der Waals surface area (Å²) < 4.78 is 0. The topological polar surface area (TPSA) is 192 Å². The van der Waals surface area contributed by atoms with Crippen molar-refractivity contribution in [2.24, 2.45) is 5.73 Å². The van der Waals surface area contributed by atoms with Crippen LogP contribution < -0.4 is 16.4 Å². The molecule has 0 aromatic carbocycles. The number of nitrogens with zero attached hydrogens (tertiary/aromatic N) is 1. The van der Waals surface area contributed by atoms with Gasteiger partial charge in [0.2, 0.25) is 11.8 Å². The number of carbonyl (C=O) groups excluding carboxylic acids is 2. The lowest BCUT2D eigenvalue weighted by Crippen LogP contribution is -2.50. The molecule has 0 spiro atoms. The van der Waals surface area contributed by atoms with Gasteiger partial charge in [-0.1, -0.05) is 0 Å². The fourth-order valence-corrected chi connectivity index (χ4v) is 4.13. The average molecular weight is 458 g/mol. The van der Waals surface area contributed by atoms with Gasteiger partial charge in [0, 0.05) is 28.9 Å². The van der Waals surface area contributed by atoms with Gasteiger partial charge in [-0.15, -0.1) is 11.3 Å². The summed E-state index contributed by atoms with van der Waals surface area (Å²) in [5.41, 5.74) is 6.04. The summed E-state index contributed by atoms with van der Waals surface area (Å²) in [7, 11) is 0. The highest BCUT2D eigenvalue weighted by Crippen LogP contribution is 2.19. The number of nitrogen functional groups attached to an aromatic ring is 1. The number of rotatable bonds is 11. The number of likely N-dealkylation sites (tertiary alicyclic amines) is 1. The lowest BCUT2D eigenvalue weighted by atomic mass is 10.0. The van der Waals surface area contributed by atoms with Crippen LogP contribution in [0.25, 0.3) is 0 Å². The highest BCUT2D eigenvalue weighted by molar-refractivity contribution is 7.10. The smallest absolute Gasteiger partial charge is 0.243 e. The standard InChI is InChI=1S/C19H31N5O6S/c1-10(25)16(28)17(29)14(26)7-22-8-15(27)24-4-2-3-13(24)19(30)23-6-12-5-11(9-31-12)18(20)21/h5,9-10,13-14,16-17,22,25-26,28-29H,2-4,6-8H2,1H3,(H3,20,21)(H,23,30)/t10?,13-,14?,16?,17?/m0/s1. The lowest BCUT2D eigenvalue weighted by Gasteiger charge is -2.26. The monoisotopic (exact) mass is 457 g/mol. The Labute approximate surface area is 184 Å². The van der Waals surface area contributed by atoms with E-state index in [-0.39, 0.29) is 37.3 Å². The molecule has 0 saturated carbocycles. The highest BCUT2D eigenvalue weighted by atomic mass is 32.1. The fourth-order valence-electron chi connectivity index (χ4n) is 3.31. The van der Waals surface area contributed by atoms with Crippen molar-refractivity contribution >= 4 is 29.0 Å². The van der Waals surface area contributed by atoms with E-state index in [1.54, 1.807) is 11.4 Å². The van der Waals surface area contributed by atoms with Crippen molar-refractivity contribution in [3.05, 3.63) is 21.9 Å². The van der Waals surface area contributed by atoms with Crippen LogP contribution in [0.15, 0.2) is 11.4 Å². The lowest BCUT2D eigenvalue weighted by molar-refractivity contribution is -0.138. The molecule has 2 rings (SSSR count). The first-order valence-corrected chi connectivity index (χ1v) is 10.9. The van der Waals surface area contributed by atoms with E-state index in [9.17, 15) is 30.0 Å². The van der Waals surface area contributed by atoms with Gasteiger partial charge in [-0.05, 0) is 25.8 Å². The summed E-state index contributed by atoms with van der Waals surface area (Å²) in [6, 6.07) is 1.15. The summed E-state index contributed by atoms with van der Waals surface area (Å²) >= 11 is 1.39. The van der Waals surface area contributed by atoms with Crippen molar-refractivity contribution in [1.82, 2.24) is 15.5 Å². The Hall–Kier alpha value is -2.09. The normalized spacial score (nSPS) is 20.2. The Balaban J connectivity index is 1.80. The van der Waals surface area contributed by atoms with E-state index in [0.29, 0.717) is 24.9 Å². The van der Waals surface area contributed by atoms with Gasteiger partial charge >= 0.3 is 0 Å². The molecule has 1 aromatic rings. The van der Waals surface area contributed by atoms with Crippen molar-refractivity contribution in [2.75, 3.05) is 19.6 Å². The first-order chi connectivity index (χ1) is 14.6. The Bertz CT molecular complexity index is 773. The molecule has 1 saturated heterocycles. The molecule has 4 unspecified atom stereocenters. The SMILES string of the molecule is CC(O)C(O)C(O)C(O)CNCC(=O)N1CCC[C@H]1C(=O)NCc1cc(C(=N)N)cs1. The van der Waals surface area contributed by atoms with Gasteiger partial charge in [-0.3, -0.25) is 15.0 Å². The molecule has 1 fully saturated rings. The number of nitrogens with two attached hydrogens (primary N) is 1. The van der Waals surface area contributed by atoms with E-state index in [4.69, 9.17) is 11.1 Å². The third kappa shape index (κ3) is 6.95. The zero-order valence-corrected chi connectivity index (χ0v) is 18.1. The van der Waals surface area contributed by atoms with Gasteiger partial charge in [-0.25, -0.2) is 0 Å². The van der Waals surface area contributed by atoms with E-state index in [2.05, 4.69) is 10.6 Å². The molecule has 174 valence electrons. The molecular weight excluding hydrogens is 426 g/mol. The van der Waals surface area contributed by atoms with Gasteiger partial charge in [0.25, 0.3) is 0 Å². The van der Waals surface area contributed by atoms with Crippen molar-refractivity contribution in [2.45, 2.75) is 56.8 Å². The number of nitrogens with one attached hydrogen (secondary N) is 3. The third-order valence-corrected chi connectivity index (χ3v) is 6.08. The minimum atomic E-state index is -1.56. The van der Waals surface area contributed by atoms with Gasteiger partial charge in [-0.2, -0.15) is 0 Å². The second-order valence-corrected chi connectivity index (χ2v) is 8.59. The van der Waals surface area contributed by atoms with Crippen LogP contribution in [0.4, 0.5) is 0 Å². The second kappa shape index (κ2) is 11.5. The van der Waals surface area contributed by atoms with E-state index >= 15 is 0 Å². The molecule has 1 aliphatic rings. The second-order valence-electron chi connectivity index (χ2n) is 7.60. The highest BCUT2D eigenvalue weighted by Gasteiger charge is 2.34. The van der Waals surface area contributed by atoms with Crippen LogP contribution in [0.2, 0.25) is 0 Å². The van der Waals surface area contributed by atoms with Gasteiger partial charge in [0.15, 0.2) is 0 Å². The molecule has 2 amide bonds. The quantitative estimate of drug-likeness (QED) is 0.134. The molecule has 11 nitrogen and oxygen atoms in total. The number of hydrogen-bond donors (Lipinski definition) is 8. The number of amidine groups is 1. The average Bonchev–Trinajstić information content (AvgIpc) is 3.40. The molecule has 31 heavy (non-hydrogen) atoms. The fraction of sp³-hybridized carbons (Fsp3) is 0.632. The van der Waals surface area contributed by atoms with Crippen LogP contribution in [0.1, 0.15) is 30.2 Å². The molecule has 12 heteroatoms. The maximum absolute atomic E-state index is 12.6. The minimum absolute atomic E-state index is 0.0353. The Morgan fingerprint density at radius 1 is 1.32 bits per heavy atom. The van der Waals surface area contributed by atoms with Crippen LogP contribution >= 0.6 is 11.3 Å². The number of hydrogen-bond acceptors (Lipinski definition) is 9. The maximum atomic E-state index is 12.6. The summed E-state index contributed by atoms with van der Waals surface area (Å²) in [4.78, 5) is 27.4. The van der Waals surface area contributed by atoms with Crippen molar-refractivity contribution < 1.29 is 30.0 Å². The molecular formula is C19H31N5O6S. The first-order valence-electron chi connectivity index (χ1n) is 10.0. The van der Waals surface area contributed by atoms with Gasteiger partial charge < -0.3 is 41.7 Å². The number of thiophene rings is 1. The van der Waals surface area contributed by atoms with Gasteiger partial charge in [0.1, 0.15) is 24.1 Å². The molecule has 1 aromatic heterocycles. The molecule has 0 radical (unpaired) electrons. The molecule has 5 atom stereocenters. The number of carbonyl (C=O) groups is 2.